The normalized spacial score (nSPS) is 24.2. The number of aryl methyl sites for hydroxylation is 1. The van der Waals surface area contributed by atoms with Crippen molar-refractivity contribution >= 4 is 11.3 Å². The summed E-state index contributed by atoms with van der Waals surface area (Å²) < 4.78 is 5.47. The summed E-state index contributed by atoms with van der Waals surface area (Å²) in [5, 5.41) is 6.67. The van der Waals surface area contributed by atoms with Crippen molar-refractivity contribution < 1.29 is 4.74 Å². The molecule has 0 aliphatic carbocycles. The highest BCUT2D eigenvalue weighted by Gasteiger charge is 2.16. The minimum absolute atomic E-state index is 0.307. The molecule has 1 aromatic rings. The monoisotopic (exact) mass is 198 g/mol. The molecule has 0 amide bonds. The molecular formula is C9H14N2OS. The second-order valence-electron chi connectivity index (χ2n) is 3.26. The maximum absolute atomic E-state index is 5.47. The molecule has 1 atom stereocenters. The van der Waals surface area contributed by atoms with E-state index in [0.29, 0.717) is 6.04 Å². The van der Waals surface area contributed by atoms with Gasteiger partial charge in [0.1, 0.15) is 5.01 Å². The van der Waals surface area contributed by atoms with Crippen LogP contribution in [0.1, 0.15) is 23.2 Å². The summed E-state index contributed by atoms with van der Waals surface area (Å²) in [6.07, 6.45) is 1.10. The molecule has 1 aliphatic rings. The number of nitrogens with one attached hydrogen (secondary N) is 1. The molecule has 1 saturated heterocycles. The fourth-order valence-electron chi connectivity index (χ4n) is 1.40. The maximum Gasteiger partial charge on any atom is 0.112 e. The Hall–Kier alpha value is -0.450. The Labute approximate surface area is 82.1 Å². The van der Waals surface area contributed by atoms with Crippen LogP contribution in [0, 0.1) is 6.92 Å². The zero-order valence-electron chi connectivity index (χ0n) is 7.75. The summed E-state index contributed by atoms with van der Waals surface area (Å²) in [6.45, 7) is 4.68. The molecule has 2 rings (SSSR count). The van der Waals surface area contributed by atoms with E-state index in [4.69, 9.17) is 4.74 Å². The van der Waals surface area contributed by atoms with Gasteiger partial charge in [0.2, 0.25) is 0 Å². The highest BCUT2D eigenvalue weighted by Crippen LogP contribution is 2.19. The first-order valence-electron chi connectivity index (χ1n) is 4.59. The molecule has 3 nitrogen and oxygen atoms in total. The minimum Gasteiger partial charge on any atom is -0.379 e. The van der Waals surface area contributed by atoms with Crippen LogP contribution < -0.4 is 5.32 Å². The van der Waals surface area contributed by atoms with Crippen LogP contribution in [0.15, 0.2) is 5.38 Å². The predicted molar refractivity (Wildman–Crippen MR) is 53.0 cm³/mol. The van der Waals surface area contributed by atoms with Crippen LogP contribution in [0.25, 0.3) is 0 Å². The first-order chi connectivity index (χ1) is 6.36. The van der Waals surface area contributed by atoms with E-state index in [1.807, 2.05) is 6.92 Å². The SMILES string of the molecule is Cc1csc(C2COCCCN2)n1. The Kier molecular flexibility index (Phi) is 2.93. The lowest BCUT2D eigenvalue weighted by molar-refractivity contribution is 0.131. The summed E-state index contributed by atoms with van der Waals surface area (Å²) in [5.41, 5.74) is 1.10. The summed E-state index contributed by atoms with van der Waals surface area (Å²) in [6, 6.07) is 0.307. The van der Waals surface area contributed by atoms with Gasteiger partial charge in [-0.2, -0.15) is 0 Å². The molecule has 0 aromatic carbocycles. The van der Waals surface area contributed by atoms with Gasteiger partial charge in [0.25, 0.3) is 0 Å². The Balaban J connectivity index is 2.06. The lowest BCUT2D eigenvalue weighted by atomic mass is 10.3. The van der Waals surface area contributed by atoms with Crippen LogP contribution in [0.5, 0.6) is 0 Å². The minimum atomic E-state index is 0.307. The molecule has 0 bridgehead atoms. The molecule has 0 spiro atoms. The molecule has 1 aliphatic heterocycles. The summed E-state index contributed by atoms with van der Waals surface area (Å²) in [5.74, 6) is 0. The molecule has 0 radical (unpaired) electrons. The topological polar surface area (TPSA) is 34.1 Å². The van der Waals surface area contributed by atoms with Gasteiger partial charge in [-0.05, 0) is 19.9 Å². The van der Waals surface area contributed by atoms with Crippen molar-refractivity contribution in [2.24, 2.45) is 0 Å². The number of rotatable bonds is 1. The number of hydrogen-bond donors (Lipinski definition) is 1. The van der Waals surface area contributed by atoms with E-state index < -0.39 is 0 Å². The van der Waals surface area contributed by atoms with E-state index in [0.717, 1.165) is 36.9 Å². The highest BCUT2D eigenvalue weighted by atomic mass is 32.1. The third kappa shape index (κ3) is 2.27. The molecule has 1 N–H and O–H groups in total. The van der Waals surface area contributed by atoms with Crippen molar-refractivity contribution in [3.63, 3.8) is 0 Å². The van der Waals surface area contributed by atoms with Crippen molar-refractivity contribution in [3.05, 3.63) is 16.1 Å². The first-order valence-corrected chi connectivity index (χ1v) is 5.47. The molecule has 4 heteroatoms. The van der Waals surface area contributed by atoms with Gasteiger partial charge in [0.15, 0.2) is 0 Å². The molecule has 2 heterocycles. The number of hydrogen-bond acceptors (Lipinski definition) is 4. The first kappa shape index (κ1) is 9.12. The predicted octanol–water partition coefficient (Wildman–Crippen LogP) is 1.50. The van der Waals surface area contributed by atoms with E-state index in [2.05, 4.69) is 15.7 Å². The van der Waals surface area contributed by atoms with E-state index >= 15 is 0 Å². The van der Waals surface area contributed by atoms with Crippen molar-refractivity contribution in [3.8, 4) is 0 Å². The summed E-state index contributed by atoms with van der Waals surface area (Å²) in [7, 11) is 0. The molecule has 0 saturated carbocycles. The van der Waals surface area contributed by atoms with E-state index in [9.17, 15) is 0 Å². The van der Waals surface area contributed by atoms with Crippen molar-refractivity contribution in [1.82, 2.24) is 10.3 Å². The summed E-state index contributed by atoms with van der Waals surface area (Å²) in [4.78, 5) is 4.45. The zero-order chi connectivity index (χ0) is 9.10. The van der Waals surface area contributed by atoms with Crippen LogP contribution in [0.4, 0.5) is 0 Å². The van der Waals surface area contributed by atoms with Gasteiger partial charge in [-0.25, -0.2) is 4.98 Å². The molecule has 1 aromatic heterocycles. The fourth-order valence-corrected chi connectivity index (χ4v) is 2.26. The van der Waals surface area contributed by atoms with Crippen LogP contribution in [-0.2, 0) is 4.74 Å². The summed E-state index contributed by atoms with van der Waals surface area (Å²) >= 11 is 1.71. The quantitative estimate of drug-likeness (QED) is 0.742. The number of thiazole rings is 1. The van der Waals surface area contributed by atoms with Crippen molar-refractivity contribution in [2.45, 2.75) is 19.4 Å². The molecule has 72 valence electrons. The third-order valence-corrected chi connectivity index (χ3v) is 3.15. The van der Waals surface area contributed by atoms with Crippen LogP contribution in [-0.4, -0.2) is 24.7 Å². The van der Waals surface area contributed by atoms with Crippen LogP contribution in [0.3, 0.4) is 0 Å². The Morgan fingerprint density at radius 1 is 1.69 bits per heavy atom. The van der Waals surface area contributed by atoms with Gasteiger partial charge in [0.05, 0.1) is 12.6 Å². The molecule has 1 fully saturated rings. The van der Waals surface area contributed by atoms with E-state index in [-0.39, 0.29) is 0 Å². The molecule has 13 heavy (non-hydrogen) atoms. The van der Waals surface area contributed by atoms with Crippen LogP contribution >= 0.6 is 11.3 Å². The third-order valence-electron chi connectivity index (χ3n) is 2.08. The molecular weight excluding hydrogens is 184 g/mol. The largest absolute Gasteiger partial charge is 0.379 e. The van der Waals surface area contributed by atoms with Crippen LogP contribution in [0.2, 0.25) is 0 Å². The lowest BCUT2D eigenvalue weighted by Gasteiger charge is -2.11. The lowest BCUT2D eigenvalue weighted by Crippen LogP contribution is -2.23. The highest BCUT2D eigenvalue weighted by molar-refractivity contribution is 7.09. The number of nitrogens with zero attached hydrogens (tertiary/aromatic N) is 1. The second kappa shape index (κ2) is 4.17. The molecule has 1 unspecified atom stereocenters. The van der Waals surface area contributed by atoms with Gasteiger partial charge in [-0.15, -0.1) is 11.3 Å². The van der Waals surface area contributed by atoms with Gasteiger partial charge < -0.3 is 10.1 Å². The van der Waals surface area contributed by atoms with Crippen molar-refractivity contribution in [2.75, 3.05) is 19.8 Å². The van der Waals surface area contributed by atoms with E-state index in [1.165, 1.54) is 0 Å². The van der Waals surface area contributed by atoms with Gasteiger partial charge in [-0.3, -0.25) is 0 Å². The maximum atomic E-state index is 5.47. The zero-order valence-corrected chi connectivity index (χ0v) is 8.56. The smallest absolute Gasteiger partial charge is 0.112 e. The Morgan fingerprint density at radius 2 is 2.62 bits per heavy atom. The van der Waals surface area contributed by atoms with Crippen molar-refractivity contribution in [1.29, 1.82) is 0 Å². The van der Waals surface area contributed by atoms with E-state index in [1.54, 1.807) is 11.3 Å². The number of aromatic nitrogens is 1. The fraction of sp³-hybridized carbons (Fsp3) is 0.667. The average Bonchev–Trinajstić information content (AvgIpc) is 2.43. The van der Waals surface area contributed by atoms with Gasteiger partial charge in [0, 0.05) is 17.7 Å². The Morgan fingerprint density at radius 3 is 3.38 bits per heavy atom. The second-order valence-corrected chi connectivity index (χ2v) is 4.15. The van der Waals surface area contributed by atoms with Gasteiger partial charge >= 0.3 is 0 Å². The number of ether oxygens (including phenoxy) is 1. The Bertz CT molecular complexity index is 266. The standard InChI is InChI=1S/C9H14N2OS/c1-7-6-13-9(11-7)8-5-12-4-2-3-10-8/h6,8,10H,2-5H2,1H3. The average molecular weight is 198 g/mol. The van der Waals surface area contributed by atoms with Gasteiger partial charge in [-0.1, -0.05) is 0 Å².